The zero-order chi connectivity index (χ0) is 14.5. The first kappa shape index (κ1) is 13.9. The fourth-order valence-electron chi connectivity index (χ4n) is 1.79. The van der Waals surface area contributed by atoms with Crippen molar-refractivity contribution in [2.75, 3.05) is 7.11 Å². The molecule has 0 aliphatic carbocycles. The van der Waals surface area contributed by atoms with Gasteiger partial charge >= 0.3 is 0 Å². The lowest BCUT2D eigenvalue weighted by atomic mass is 10.1. The van der Waals surface area contributed by atoms with Crippen LogP contribution in [0.25, 0.3) is 0 Å². The molecular weight excluding hydrogens is 257 g/mol. The smallest absolute Gasteiger partial charge is 0.129 e. The van der Waals surface area contributed by atoms with E-state index in [-0.39, 0.29) is 12.4 Å². The zero-order valence-corrected chi connectivity index (χ0v) is 11.3. The highest BCUT2D eigenvalue weighted by atomic mass is 19.1. The predicted molar refractivity (Wildman–Crippen MR) is 73.2 cm³/mol. The predicted octanol–water partition coefficient (Wildman–Crippen LogP) is 3.59. The molecule has 0 unspecified atom stereocenters. The summed E-state index contributed by atoms with van der Waals surface area (Å²) in [7, 11) is 1.55. The highest BCUT2D eigenvalue weighted by Gasteiger charge is 2.06. The number of nitriles is 1. The van der Waals surface area contributed by atoms with Crippen LogP contribution in [0.15, 0.2) is 36.4 Å². The number of hydrogen-bond donors (Lipinski definition) is 0. The molecule has 4 heteroatoms. The number of hydrogen-bond acceptors (Lipinski definition) is 3. The van der Waals surface area contributed by atoms with Gasteiger partial charge in [-0.05, 0) is 36.8 Å². The van der Waals surface area contributed by atoms with Gasteiger partial charge in [-0.2, -0.15) is 5.26 Å². The minimum absolute atomic E-state index is 0.210. The summed E-state index contributed by atoms with van der Waals surface area (Å²) in [5.74, 6) is 0.773. The second-order valence-electron chi connectivity index (χ2n) is 4.34. The molecule has 0 aliphatic rings. The summed E-state index contributed by atoms with van der Waals surface area (Å²) in [6.07, 6.45) is 0. The van der Waals surface area contributed by atoms with E-state index >= 15 is 0 Å². The molecule has 2 aromatic carbocycles. The third kappa shape index (κ3) is 3.07. The number of ether oxygens (including phenoxy) is 2. The van der Waals surface area contributed by atoms with Crippen molar-refractivity contribution in [2.24, 2.45) is 0 Å². The quantitative estimate of drug-likeness (QED) is 0.853. The lowest BCUT2D eigenvalue weighted by Gasteiger charge is -2.11. The maximum absolute atomic E-state index is 13.4. The van der Waals surface area contributed by atoms with Crippen molar-refractivity contribution in [2.45, 2.75) is 13.5 Å². The van der Waals surface area contributed by atoms with Gasteiger partial charge < -0.3 is 9.47 Å². The average molecular weight is 271 g/mol. The Labute approximate surface area is 117 Å². The van der Waals surface area contributed by atoms with Gasteiger partial charge in [0.25, 0.3) is 0 Å². The summed E-state index contributed by atoms with van der Waals surface area (Å²) in [5.41, 5.74) is 1.84. The molecule has 3 nitrogen and oxygen atoms in total. The van der Waals surface area contributed by atoms with E-state index in [1.54, 1.807) is 44.4 Å². The van der Waals surface area contributed by atoms with Crippen LogP contribution in [0.2, 0.25) is 0 Å². The van der Waals surface area contributed by atoms with Crippen LogP contribution in [0, 0.1) is 24.1 Å². The summed E-state index contributed by atoms with van der Waals surface area (Å²) >= 11 is 0. The molecule has 20 heavy (non-hydrogen) atoms. The first-order valence-corrected chi connectivity index (χ1v) is 6.10. The van der Waals surface area contributed by atoms with E-state index in [2.05, 4.69) is 6.07 Å². The maximum atomic E-state index is 13.4. The van der Waals surface area contributed by atoms with Crippen molar-refractivity contribution in [1.82, 2.24) is 0 Å². The molecule has 0 heterocycles. The van der Waals surface area contributed by atoms with Gasteiger partial charge in [0, 0.05) is 11.6 Å². The van der Waals surface area contributed by atoms with E-state index in [1.807, 2.05) is 0 Å². The van der Waals surface area contributed by atoms with E-state index < -0.39 is 0 Å². The van der Waals surface area contributed by atoms with Crippen LogP contribution in [0.4, 0.5) is 4.39 Å². The minimum atomic E-state index is -0.305. The van der Waals surface area contributed by atoms with E-state index in [0.717, 1.165) is 5.56 Å². The van der Waals surface area contributed by atoms with Crippen LogP contribution < -0.4 is 9.47 Å². The Hall–Kier alpha value is -2.54. The first-order valence-electron chi connectivity index (χ1n) is 6.10. The van der Waals surface area contributed by atoms with Gasteiger partial charge in [-0.15, -0.1) is 0 Å². The Balaban J connectivity index is 2.17. The second kappa shape index (κ2) is 6.07. The molecule has 0 aromatic heterocycles. The fourth-order valence-corrected chi connectivity index (χ4v) is 1.79. The third-order valence-corrected chi connectivity index (χ3v) is 2.95. The second-order valence-corrected chi connectivity index (χ2v) is 4.34. The number of benzene rings is 2. The number of aryl methyl sites for hydroxylation is 1. The average Bonchev–Trinajstić information content (AvgIpc) is 2.48. The molecule has 0 saturated heterocycles. The fraction of sp³-hybridized carbons (Fsp3) is 0.188. The van der Waals surface area contributed by atoms with Crippen LogP contribution >= 0.6 is 0 Å². The highest BCUT2D eigenvalue weighted by molar-refractivity contribution is 5.42. The lowest BCUT2D eigenvalue weighted by molar-refractivity contribution is 0.295. The van der Waals surface area contributed by atoms with Crippen molar-refractivity contribution in [3.05, 3.63) is 58.9 Å². The molecule has 0 saturated carbocycles. The van der Waals surface area contributed by atoms with Crippen LogP contribution in [0.5, 0.6) is 11.5 Å². The minimum Gasteiger partial charge on any atom is -0.496 e. The molecule has 2 aromatic rings. The van der Waals surface area contributed by atoms with Crippen molar-refractivity contribution < 1.29 is 13.9 Å². The van der Waals surface area contributed by atoms with E-state index in [1.165, 1.54) is 6.07 Å². The van der Waals surface area contributed by atoms with E-state index in [9.17, 15) is 4.39 Å². The van der Waals surface area contributed by atoms with Gasteiger partial charge in [0.2, 0.25) is 0 Å². The first-order chi connectivity index (χ1) is 9.63. The standard InChI is InChI=1S/C16H14FNO2/c1-11-3-5-14(8-15(11)17)20-10-13-7-12(9-18)4-6-16(13)19-2/h3-8H,10H2,1-2H3. The monoisotopic (exact) mass is 271 g/mol. The van der Waals surface area contributed by atoms with Gasteiger partial charge in [-0.3, -0.25) is 0 Å². The van der Waals surface area contributed by atoms with Crippen LogP contribution in [-0.4, -0.2) is 7.11 Å². The molecule has 2 rings (SSSR count). The van der Waals surface area contributed by atoms with Crippen molar-refractivity contribution in [1.29, 1.82) is 5.26 Å². The van der Waals surface area contributed by atoms with Crippen molar-refractivity contribution in [3.8, 4) is 17.6 Å². The van der Waals surface area contributed by atoms with E-state index in [4.69, 9.17) is 14.7 Å². The van der Waals surface area contributed by atoms with Gasteiger partial charge in [-0.25, -0.2) is 4.39 Å². The number of methoxy groups -OCH3 is 1. The molecule has 102 valence electrons. The lowest BCUT2D eigenvalue weighted by Crippen LogP contribution is -2.00. The van der Waals surface area contributed by atoms with Crippen LogP contribution in [0.1, 0.15) is 16.7 Å². The highest BCUT2D eigenvalue weighted by Crippen LogP contribution is 2.23. The molecule has 0 spiro atoms. The molecule has 0 N–H and O–H groups in total. The van der Waals surface area contributed by atoms with Gasteiger partial charge in [0.1, 0.15) is 23.9 Å². The molecule has 0 amide bonds. The summed E-state index contributed by atoms with van der Waals surface area (Å²) in [6.45, 7) is 1.90. The molecule has 0 atom stereocenters. The Bertz CT molecular complexity index is 662. The van der Waals surface area contributed by atoms with Gasteiger partial charge in [0.15, 0.2) is 0 Å². The number of nitrogens with zero attached hydrogens (tertiary/aromatic N) is 1. The topological polar surface area (TPSA) is 42.2 Å². The zero-order valence-electron chi connectivity index (χ0n) is 11.3. The van der Waals surface area contributed by atoms with Crippen molar-refractivity contribution in [3.63, 3.8) is 0 Å². The molecule has 0 radical (unpaired) electrons. The largest absolute Gasteiger partial charge is 0.496 e. The number of rotatable bonds is 4. The van der Waals surface area contributed by atoms with Gasteiger partial charge in [0.05, 0.1) is 18.7 Å². The van der Waals surface area contributed by atoms with Crippen molar-refractivity contribution >= 4 is 0 Å². The Morgan fingerprint density at radius 3 is 2.65 bits per heavy atom. The van der Waals surface area contributed by atoms with E-state index in [0.29, 0.717) is 22.6 Å². The molecule has 0 fully saturated rings. The summed E-state index contributed by atoms with van der Waals surface area (Å²) in [6, 6.07) is 11.9. The Kier molecular flexibility index (Phi) is 4.21. The Morgan fingerprint density at radius 1 is 1.20 bits per heavy atom. The SMILES string of the molecule is COc1ccc(C#N)cc1COc1ccc(C)c(F)c1. The van der Waals surface area contributed by atoms with Gasteiger partial charge in [-0.1, -0.05) is 6.07 Å². The molecule has 0 bridgehead atoms. The summed E-state index contributed by atoms with van der Waals surface area (Å²) in [5, 5.41) is 8.90. The normalized spacial score (nSPS) is 9.90. The van der Waals surface area contributed by atoms with Crippen LogP contribution in [-0.2, 0) is 6.61 Å². The summed E-state index contributed by atoms with van der Waals surface area (Å²) < 4.78 is 24.2. The third-order valence-electron chi connectivity index (χ3n) is 2.95. The molecular formula is C16H14FNO2. The van der Waals surface area contributed by atoms with Crippen LogP contribution in [0.3, 0.4) is 0 Å². The Morgan fingerprint density at radius 2 is 2.00 bits per heavy atom. The molecule has 0 aliphatic heterocycles. The number of halogens is 1. The summed E-state index contributed by atoms with van der Waals surface area (Å²) in [4.78, 5) is 0. The maximum Gasteiger partial charge on any atom is 0.129 e.